The number of hydroxylamine groups is 1. The van der Waals surface area contributed by atoms with Gasteiger partial charge in [0.05, 0.1) is 7.11 Å². The number of amides is 1. The van der Waals surface area contributed by atoms with E-state index in [2.05, 4.69) is 25.3 Å². The smallest absolute Gasteiger partial charge is 0.291 e. The quantitative estimate of drug-likeness (QED) is 0.364. The summed E-state index contributed by atoms with van der Waals surface area (Å²) in [4.78, 5) is 40.5. The zero-order chi connectivity index (χ0) is 20.9. The number of benzene rings is 1. The Morgan fingerprint density at radius 1 is 1.00 bits per heavy atom. The molecule has 150 valence electrons. The highest BCUT2D eigenvalue weighted by Crippen LogP contribution is 2.25. The normalized spacial score (nSPS) is 10.8. The van der Waals surface area contributed by atoms with Gasteiger partial charge >= 0.3 is 0 Å². The summed E-state index contributed by atoms with van der Waals surface area (Å²) in [6, 6.07) is 15.1. The molecule has 0 fully saturated rings. The van der Waals surface area contributed by atoms with Gasteiger partial charge in [-0.1, -0.05) is 6.07 Å². The number of nitrogens with zero attached hydrogens (tertiary/aromatic N) is 2. The van der Waals surface area contributed by atoms with E-state index in [1.807, 2.05) is 36.4 Å². The topological polar surface area (TPSA) is 97.0 Å². The lowest BCUT2D eigenvalue weighted by Gasteiger charge is -2.05. The average molecular weight is 400 g/mol. The van der Waals surface area contributed by atoms with Crippen molar-refractivity contribution in [1.82, 2.24) is 20.4 Å². The van der Waals surface area contributed by atoms with Crippen LogP contribution in [-0.4, -0.2) is 33.8 Å². The molecule has 0 aliphatic heterocycles. The molecule has 0 atom stereocenters. The van der Waals surface area contributed by atoms with Gasteiger partial charge in [-0.05, 0) is 65.6 Å². The first-order chi connectivity index (χ1) is 14.6. The first-order valence-corrected chi connectivity index (χ1v) is 9.48. The summed E-state index contributed by atoms with van der Waals surface area (Å²) in [5.41, 5.74) is 6.88. The van der Waals surface area contributed by atoms with Crippen molar-refractivity contribution in [2.75, 3.05) is 7.11 Å². The van der Waals surface area contributed by atoms with Crippen molar-refractivity contribution >= 4 is 22.6 Å². The number of rotatable bonds is 7. The summed E-state index contributed by atoms with van der Waals surface area (Å²) in [6.07, 6.45) is 6.12. The Balaban J connectivity index is 1.54. The minimum absolute atomic E-state index is 0.00472. The van der Waals surface area contributed by atoms with Crippen LogP contribution in [0.5, 0.6) is 0 Å². The molecule has 0 spiro atoms. The van der Waals surface area contributed by atoms with Gasteiger partial charge < -0.3 is 4.98 Å². The molecule has 2 N–H and O–H groups in total. The first kappa shape index (κ1) is 19.5. The Hall–Kier alpha value is -3.84. The number of carbonyl (C=O) groups excluding carboxylic acids is 2. The maximum absolute atomic E-state index is 12.6. The third kappa shape index (κ3) is 4.26. The van der Waals surface area contributed by atoms with Gasteiger partial charge in [-0.2, -0.15) is 0 Å². The SMILES string of the molecule is CONC(=O)c1cc2cc(-c3ccnc(C(=O)CCc4ccncc4)c3)ccc2[nH]1. The van der Waals surface area contributed by atoms with E-state index in [4.69, 9.17) is 0 Å². The Labute approximate surface area is 173 Å². The summed E-state index contributed by atoms with van der Waals surface area (Å²) < 4.78 is 0. The molecule has 1 aromatic carbocycles. The minimum Gasteiger partial charge on any atom is -0.350 e. The van der Waals surface area contributed by atoms with Gasteiger partial charge in [-0.15, -0.1) is 0 Å². The molecule has 7 nitrogen and oxygen atoms in total. The van der Waals surface area contributed by atoms with E-state index in [0.717, 1.165) is 27.6 Å². The van der Waals surface area contributed by atoms with Crippen LogP contribution in [-0.2, 0) is 11.3 Å². The maximum atomic E-state index is 12.6. The average Bonchev–Trinajstić information content (AvgIpc) is 3.22. The summed E-state index contributed by atoms with van der Waals surface area (Å²) in [5.74, 6) is -0.351. The fourth-order valence-electron chi connectivity index (χ4n) is 3.28. The molecule has 4 aromatic rings. The number of nitrogens with one attached hydrogen (secondary N) is 2. The van der Waals surface area contributed by atoms with Crippen molar-refractivity contribution in [3.05, 3.63) is 84.1 Å². The van der Waals surface area contributed by atoms with Gasteiger partial charge in [0, 0.05) is 35.9 Å². The van der Waals surface area contributed by atoms with Crippen LogP contribution in [0.2, 0.25) is 0 Å². The number of fused-ring (bicyclic) bond motifs is 1. The molecule has 0 unspecified atom stereocenters. The van der Waals surface area contributed by atoms with Crippen LogP contribution in [0.4, 0.5) is 0 Å². The molecule has 0 saturated heterocycles. The van der Waals surface area contributed by atoms with E-state index < -0.39 is 0 Å². The monoisotopic (exact) mass is 400 g/mol. The van der Waals surface area contributed by atoms with Crippen LogP contribution in [0.15, 0.2) is 67.1 Å². The summed E-state index contributed by atoms with van der Waals surface area (Å²) in [7, 11) is 1.39. The Bertz CT molecular complexity index is 1200. The zero-order valence-corrected chi connectivity index (χ0v) is 16.4. The van der Waals surface area contributed by atoms with Crippen molar-refractivity contribution in [3.8, 4) is 11.1 Å². The number of Topliss-reactive ketones (excluding diaryl/α,β-unsaturated/α-hetero) is 1. The van der Waals surface area contributed by atoms with Gasteiger partial charge in [0.15, 0.2) is 5.78 Å². The number of H-pyrrole nitrogens is 1. The minimum atomic E-state index is -0.346. The van der Waals surface area contributed by atoms with Crippen LogP contribution < -0.4 is 5.48 Å². The number of hydrogen-bond acceptors (Lipinski definition) is 5. The Kier molecular flexibility index (Phi) is 5.63. The number of aromatic amines is 1. The molecular weight excluding hydrogens is 380 g/mol. The number of aromatic nitrogens is 3. The predicted molar refractivity (Wildman–Crippen MR) is 113 cm³/mol. The van der Waals surface area contributed by atoms with Crippen molar-refractivity contribution in [1.29, 1.82) is 0 Å². The van der Waals surface area contributed by atoms with E-state index in [9.17, 15) is 9.59 Å². The fourth-order valence-corrected chi connectivity index (χ4v) is 3.28. The molecule has 0 aliphatic rings. The van der Waals surface area contributed by atoms with Crippen molar-refractivity contribution < 1.29 is 14.4 Å². The second-order valence-corrected chi connectivity index (χ2v) is 6.83. The lowest BCUT2D eigenvalue weighted by atomic mass is 10.0. The van der Waals surface area contributed by atoms with Crippen LogP contribution in [0.3, 0.4) is 0 Å². The summed E-state index contributed by atoms with van der Waals surface area (Å²) in [6.45, 7) is 0. The molecule has 0 aliphatic carbocycles. The van der Waals surface area contributed by atoms with Gasteiger partial charge in [0.1, 0.15) is 11.4 Å². The van der Waals surface area contributed by atoms with Gasteiger partial charge in [0.25, 0.3) is 5.91 Å². The van der Waals surface area contributed by atoms with Crippen LogP contribution >= 0.6 is 0 Å². The largest absolute Gasteiger partial charge is 0.350 e. The molecule has 4 rings (SSSR count). The second kappa shape index (κ2) is 8.67. The highest BCUT2D eigenvalue weighted by atomic mass is 16.6. The fraction of sp³-hybridized carbons (Fsp3) is 0.130. The molecule has 3 heterocycles. The Morgan fingerprint density at radius 2 is 1.80 bits per heavy atom. The maximum Gasteiger partial charge on any atom is 0.291 e. The van der Waals surface area contributed by atoms with E-state index in [0.29, 0.717) is 24.2 Å². The molecule has 0 radical (unpaired) electrons. The molecule has 0 saturated carbocycles. The van der Waals surface area contributed by atoms with Crippen LogP contribution in [0.25, 0.3) is 22.0 Å². The predicted octanol–water partition coefficient (Wildman–Crippen LogP) is 3.73. The number of aryl methyl sites for hydroxylation is 1. The summed E-state index contributed by atoms with van der Waals surface area (Å²) >= 11 is 0. The van der Waals surface area contributed by atoms with Gasteiger partial charge in [-0.25, -0.2) is 5.48 Å². The van der Waals surface area contributed by atoms with E-state index >= 15 is 0 Å². The number of pyridine rings is 2. The van der Waals surface area contributed by atoms with E-state index in [1.165, 1.54) is 7.11 Å². The lowest BCUT2D eigenvalue weighted by molar-refractivity contribution is 0.0533. The third-order valence-corrected chi connectivity index (χ3v) is 4.83. The van der Waals surface area contributed by atoms with Crippen molar-refractivity contribution in [3.63, 3.8) is 0 Å². The third-order valence-electron chi connectivity index (χ3n) is 4.83. The van der Waals surface area contributed by atoms with Gasteiger partial charge in [0.2, 0.25) is 0 Å². The zero-order valence-electron chi connectivity index (χ0n) is 16.4. The Morgan fingerprint density at radius 3 is 2.60 bits per heavy atom. The molecule has 0 bridgehead atoms. The van der Waals surface area contributed by atoms with Crippen molar-refractivity contribution in [2.24, 2.45) is 0 Å². The number of ketones is 1. The number of carbonyl (C=O) groups is 2. The van der Waals surface area contributed by atoms with E-state index in [1.54, 1.807) is 30.7 Å². The second-order valence-electron chi connectivity index (χ2n) is 6.83. The molecule has 3 aromatic heterocycles. The van der Waals surface area contributed by atoms with Crippen LogP contribution in [0, 0.1) is 0 Å². The van der Waals surface area contributed by atoms with E-state index in [-0.39, 0.29) is 11.7 Å². The van der Waals surface area contributed by atoms with Crippen LogP contribution in [0.1, 0.15) is 33.0 Å². The highest BCUT2D eigenvalue weighted by molar-refractivity contribution is 5.99. The summed E-state index contributed by atoms with van der Waals surface area (Å²) in [5, 5.41) is 0.885. The molecule has 7 heteroatoms. The highest BCUT2D eigenvalue weighted by Gasteiger charge is 2.12. The molecular formula is C23H20N4O3. The lowest BCUT2D eigenvalue weighted by Crippen LogP contribution is -2.21. The number of hydrogen-bond donors (Lipinski definition) is 2. The van der Waals surface area contributed by atoms with Crippen molar-refractivity contribution in [2.45, 2.75) is 12.8 Å². The standard InChI is InChI=1S/C23H20N4O3/c1-30-27-23(29)21-14-18-12-16(3-4-19(18)26-21)17-8-11-25-20(13-17)22(28)5-2-15-6-9-24-10-7-15/h3-4,6-14,26H,2,5H2,1H3,(H,27,29). The molecule has 1 amide bonds. The first-order valence-electron chi connectivity index (χ1n) is 9.48. The molecule has 30 heavy (non-hydrogen) atoms. The van der Waals surface area contributed by atoms with Gasteiger partial charge in [-0.3, -0.25) is 24.4 Å².